The molecule has 5 nitrogen and oxygen atoms in total. The molecular weight excluding hydrogens is 242 g/mol. The van der Waals surface area contributed by atoms with Crippen LogP contribution in [0.2, 0.25) is 0 Å². The third-order valence-electron chi connectivity index (χ3n) is 3.66. The van der Waals surface area contributed by atoms with Gasteiger partial charge in [0.2, 0.25) is 0 Å². The van der Waals surface area contributed by atoms with Crippen LogP contribution >= 0.6 is 0 Å². The van der Waals surface area contributed by atoms with E-state index in [4.69, 9.17) is 4.74 Å². The van der Waals surface area contributed by atoms with Crippen molar-refractivity contribution in [1.82, 2.24) is 9.97 Å². The maximum Gasteiger partial charge on any atom is 0.331 e. The summed E-state index contributed by atoms with van der Waals surface area (Å²) in [6.45, 7) is 3.92. The summed E-state index contributed by atoms with van der Waals surface area (Å²) < 4.78 is 4.91. The lowest BCUT2D eigenvalue weighted by molar-refractivity contribution is -0.145. The molecule has 1 aliphatic carbocycles. The molecule has 104 valence electrons. The van der Waals surface area contributed by atoms with E-state index in [1.54, 1.807) is 6.33 Å². The molecule has 0 bridgehead atoms. The molecule has 1 N–H and O–H groups in total. The van der Waals surface area contributed by atoms with E-state index in [1.165, 1.54) is 7.11 Å². The molecule has 0 saturated carbocycles. The molecule has 19 heavy (non-hydrogen) atoms. The lowest BCUT2D eigenvalue weighted by atomic mass is 9.96. The number of hydrogen-bond donors (Lipinski definition) is 1. The van der Waals surface area contributed by atoms with Gasteiger partial charge >= 0.3 is 5.97 Å². The van der Waals surface area contributed by atoms with Gasteiger partial charge in [0.25, 0.3) is 0 Å². The van der Waals surface area contributed by atoms with Gasteiger partial charge < -0.3 is 10.1 Å². The highest BCUT2D eigenvalue weighted by Gasteiger charge is 2.35. The molecule has 1 aromatic heterocycles. The number of esters is 1. The number of hydrogen-bond acceptors (Lipinski definition) is 5. The minimum absolute atomic E-state index is 0.250. The van der Waals surface area contributed by atoms with Crippen LogP contribution in [-0.4, -0.2) is 28.6 Å². The number of nitrogens with one attached hydrogen (secondary N) is 1. The largest absolute Gasteiger partial charge is 0.467 e. The van der Waals surface area contributed by atoms with Crippen molar-refractivity contribution in [1.29, 1.82) is 0 Å². The smallest absolute Gasteiger partial charge is 0.331 e. The predicted octanol–water partition coefficient (Wildman–Crippen LogP) is 2.11. The molecule has 1 atom stereocenters. The molecule has 0 saturated heterocycles. The monoisotopic (exact) mass is 263 g/mol. The first-order valence-corrected chi connectivity index (χ1v) is 6.80. The number of fused-ring (bicyclic) bond motifs is 1. The normalized spacial score (nSPS) is 16.6. The number of rotatable bonds is 5. The van der Waals surface area contributed by atoms with E-state index in [0.29, 0.717) is 6.42 Å². The molecule has 5 heteroatoms. The van der Waals surface area contributed by atoms with Crippen LogP contribution < -0.4 is 5.32 Å². The summed E-state index contributed by atoms with van der Waals surface area (Å²) in [6, 6.07) is 0. The number of carbonyl (C=O) groups is 1. The fraction of sp³-hybridized carbons (Fsp3) is 0.643. The van der Waals surface area contributed by atoms with Gasteiger partial charge in [-0.2, -0.15) is 0 Å². The SMILES string of the molecule is CCCC(C)(Nc1ncnc2c1CCC2)C(=O)OC. The number of anilines is 1. The van der Waals surface area contributed by atoms with Crippen LogP contribution in [-0.2, 0) is 22.4 Å². The number of methoxy groups -OCH3 is 1. The van der Waals surface area contributed by atoms with E-state index in [1.807, 2.05) is 13.8 Å². The molecule has 0 aliphatic heterocycles. The van der Waals surface area contributed by atoms with Crippen LogP contribution in [0.15, 0.2) is 6.33 Å². The second-order valence-electron chi connectivity index (χ2n) is 5.20. The summed E-state index contributed by atoms with van der Waals surface area (Å²) in [7, 11) is 1.42. The molecule has 1 heterocycles. The molecule has 0 radical (unpaired) electrons. The number of carbonyl (C=O) groups excluding carboxylic acids is 1. The van der Waals surface area contributed by atoms with Gasteiger partial charge in [0.1, 0.15) is 17.7 Å². The van der Waals surface area contributed by atoms with Crippen molar-refractivity contribution in [3.63, 3.8) is 0 Å². The standard InChI is InChI=1S/C14H21N3O2/c1-4-8-14(2,13(18)19-3)17-12-10-6-5-7-11(10)15-9-16-12/h9H,4-8H2,1-3H3,(H,15,16,17). The Morgan fingerprint density at radius 3 is 2.95 bits per heavy atom. The average molecular weight is 263 g/mol. The molecule has 1 aliphatic rings. The summed E-state index contributed by atoms with van der Waals surface area (Å²) in [5, 5.41) is 3.28. The second kappa shape index (κ2) is 5.55. The average Bonchev–Trinajstić information content (AvgIpc) is 2.87. The lowest BCUT2D eigenvalue weighted by Crippen LogP contribution is -2.44. The molecule has 0 aromatic carbocycles. The number of ether oxygens (including phenoxy) is 1. The van der Waals surface area contributed by atoms with Crippen molar-refractivity contribution in [2.75, 3.05) is 12.4 Å². The Morgan fingerprint density at radius 2 is 2.26 bits per heavy atom. The Morgan fingerprint density at radius 1 is 1.47 bits per heavy atom. The maximum absolute atomic E-state index is 12.0. The summed E-state index contributed by atoms with van der Waals surface area (Å²) >= 11 is 0. The van der Waals surface area contributed by atoms with Crippen molar-refractivity contribution in [2.24, 2.45) is 0 Å². The van der Waals surface area contributed by atoms with Crippen LogP contribution in [0, 0.1) is 0 Å². The highest BCUT2D eigenvalue weighted by Crippen LogP contribution is 2.28. The molecule has 0 spiro atoms. The molecule has 0 fully saturated rings. The Hall–Kier alpha value is -1.65. The van der Waals surface area contributed by atoms with Crippen LogP contribution in [0.4, 0.5) is 5.82 Å². The van der Waals surface area contributed by atoms with Gasteiger partial charge in [-0.15, -0.1) is 0 Å². The first kappa shape index (κ1) is 13.8. The summed E-state index contributed by atoms with van der Waals surface area (Å²) in [4.78, 5) is 20.6. The molecule has 2 rings (SSSR count). The Labute approximate surface area is 113 Å². The number of aromatic nitrogens is 2. The van der Waals surface area contributed by atoms with E-state index in [2.05, 4.69) is 15.3 Å². The Bertz CT molecular complexity index is 476. The highest BCUT2D eigenvalue weighted by atomic mass is 16.5. The van der Waals surface area contributed by atoms with Gasteiger partial charge in [0.15, 0.2) is 0 Å². The summed E-state index contributed by atoms with van der Waals surface area (Å²) in [6.07, 6.45) is 6.24. The lowest BCUT2D eigenvalue weighted by Gasteiger charge is -2.28. The van der Waals surface area contributed by atoms with Gasteiger partial charge in [-0.1, -0.05) is 13.3 Å². The van der Waals surface area contributed by atoms with Crippen molar-refractivity contribution in [3.8, 4) is 0 Å². The number of aryl methyl sites for hydroxylation is 1. The van der Waals surface area contributed by atoms with Crippen molar-refractivity contribution in [3.05, 3.63) is 17.6 Å². The van der Waals surface area contributed by atoms with E-state index in [9.17, 15) is 4.79 Å². The topological polar surface area (TPSA) is 64.1 Å². The van der Waals surface area contributed by atoms with E-state index in [-0.39, 0.29) is 5.97 Å². The predicted molar refractivity (Wildman–Crippen MR) is 73.0 cm³/mol. The zero-order valence-corrected chi connectivity index (χ0v) is 11.8. The summed E-state index contributed by atoms with van der Waals surface area (Å²) in [5.74, 6) is 0.531. The van der Waals surface area contributed by atoms with Gasteiger partial charge in [-0.25, -0.2) is 14.8 Å². The zero-order chi connectivity index (χ0) is 13.9. The Balaban J connectivity index is 2.27. The van der Waals surface area contributed by atoms with Crippen molar-refractivity contribution in [2.45, 2.75) is 51.5 Å². The first-order valence-electron chi connectivity index (χ1n) is 6.80. The van der Waals surface area contributed by atoms with E-state index in [0.717, 1.165) is 42.8 Å². The van der Waals surface area contributed by atoms with Crippen LogP contribution in [0.1, 0.15) is 44.4 Å². The quantitative estimate of drug-likeness (QED) is 0.824. The first-order chi connectivity index (χ1) is 9.10. The van der Waals surface area contributed by atoms with Gasteiger partial charge in [-0.05, 0) is 32.6 Å². The van der Waals surface area contributed by atoms with Crippen LogP contribution in [0.25, 0.3) is 0 Å². The molecule has 1 aromatic rings. The molecule has 1 unspecified atom stereocenters. The van der Waals surface area contributed by atoms with Crippen molar-refractivity contribution < 1.29 is 9.53 Å². The van der Waals surface area contributed by atoms with Gasteiger partial charge in [-0.3, -0.25) is 0 Å². The van der Waals surface area contributed by atoms with Crippen LogP contribution in [0.3, 0.4) is 0 Å². The molecule has 0 amide bonds. The third-order valence-corrected chi connectivity index (χ3v) is 3.66. The van der Waals surface area contributed by atoms with Gasteiger partial charge in [0, 0.05) is 11.3 Å². The minimum Gasteiger partial charge on any atom is -0.467 e. The fourth-order valence-corrected chi connectivity index (χ4v) is 2.67. The Kier molecular flexibility index (Phi) is 4.02. The highest BCUT2D eigenvalue weighted by molar-refractivity contribution is 5.83. The minimum atomic E-state index is -0.728. The van der Waals surface area contributed by atoms with E-state index >= 15 is 0 Å². The number of nitrogens with zero attached hydrogens (tertiary/aromatic N) is 2. The molecular formula is C14H21N3O2. The zero-order valence-electron chi connectivity index (χ0n) is 11.8. The fourth-order valence-electron chi connectivity index (χ4n) is 2.67. The summed E-state index contributed by atoms with van der Waals surface area (Å²) in [5.41, 5.74) is 1.52. The van der Waals surface area contributed by atoms with Crippen LogP contribution in [0.5, 0.6) is 0 Å². The second-order valence-corrected chi connectivity index (χ2v) is 5.20. The van der Waals surface area contributed by atoms with E-state index < -0.39 is 5.54 Å². The van der Waals surface area contributed by atoms with Crippen molar-refractivity contribution >= 4 is 11.8 Å². The van der Waals surface area contributed by atoms with Gasteiger partial charge in [0.05, 0.1) is 7.11 Å². The maximum atomic E-state index is 12.0. The third kappa shape index (κ3) is 2.69.